The Morgan fingerprint density at radius 3 is 1.57 bits per heavy atom. The van der Waals surface area contributed by atoms with Crippen LogP contribution >= 0.6 is 0 Å². The number of alkyl halides is 6. The lowest BCUT2D eigenvalue weighted by Crippen LogP contribution is -2.39. The van der Waals surface area contributed by atoms with Crippen LogP contribution in [0.15, 0.2) is 97.1 Å². The van der Waals surface area contributed by atoms with Crippen molar-refractivity contribution in [1.29, 1.82) is 0 Å². The van der Waals surface area contributed by atoms with E-state index in [2.05, 4.69) is 5.32 Å². The molecule has 10 heteroatoms. The second kappa shape index (κ2) is 12.7. The van der Waals surface area contributed by atoms with Gasteiger partial charge in [0.05, 0.1) is 36.7 Å². The molecule has 0 spiro atoms. The number of hydrogen-bond acceptors (Lipinski definition) is 4. The Morgan fingerprint density at radius 2 is 1.11 bits per heavy atom. The molecule has 5 rings (SSSR count). The molecule has 0 saturated heterocycles. The van der Waals surface area contributed by atoms with E-state index in [1.165, 1.54) is 38.5 Å². The minimum absolute atomic E-state index is 0.326. The standard InChI is InChI=1S/C37H32F6N2O2/c1-22-19-23(2)34(24(3)20-22)45-35(25-9-13-27(14-10-25)36(38,39)40,26-11-15-28(16-12-26)37(41,42)43)33-8-6-7-31(44-33)30-18-17-29(46-4)21-32(30)47-5/h6-21,45H,1-5H3. The van der Waals surface area contributed by atoms with E-state index in [1.54, 1.807) is 36.4 Å². The van der Waals surface area contributed by atoms with Crippen LogP contribution in [-0.4, -0.2) is 19.2 Å². The summed E-state index contributed by atoms with van der Waals surface area (Å²) in [6.07, 6.45) is -9.20. The monoisotopic (exact) mass is 650 g/mol. The molecule has 47 heavy (non-hydrogen) atoms. The van der Waals surface area contributed by atoms with Crippen molar-refractivity contribution >= 4 is 5.69 Å². The summed E-state index contributed by atoms with van der Waals surface area (Å²) in [4.78, 5) is 5.02. The highest BCUT2D eigenvalue weighted by atomic mass is 19.4. The third-order valence-electron chi connectivity index (χ3n) is 8.10. The van der Waals surface area contributed by atoms with Crippen LogP contribution in [0.25, 0.3) is 11.3 Å². The number of methoxy groups -OCH3 is 2. The van der Waals surface area contributed by atoms with Gasteiger partial charge < -0.3 is 14.8 Å². The maximum absolute atomic E-state index is 13.7. The van der Waals surface area contributed by atoms with Gasteiger partial charge in [0.25, 0.3) is 0 Å². The van der Waals surface area contributed by atoms with Gasteiger partial charge in [-0.2, -0.15) is 26.3 Å². The molecule has 0 bridgehead atoms. The van der Waals surface area contributed by atoms with Crippen molar-refractivity contribution in [3.63, 3.8) is 0 Å². The molecule has 0 amide bonds. The van der Waals surface area contributed by atoms with Crippen LogP contribution in [0.2, 0.25) is 0 Å². The SMILES string of the molecule is COc1ccc(-c2cccc(C(Nc3c(C)cc(C)cc3C)(c3ccc(C(F)(F)F)cc3)c3ccc(C(F)(F)F)cc3)n2)c(OC)c1. The highest BCUT2D eigenvalue weighted by Gasteiger charge is 2.41. The Labute approximate surface area is 269 Å². The normalized spacial score (nSPS) is 12.1. The summed E-state index contributed by atoms with van der Waals surface area (Å²) in [5, 5.41) is 3.57. The molecule has 5 aromatic rings. The van der Waals surface area contributed by atoms with E-state index in [9.17, 15) is 26.3 Å². The van der Waals surface area contributed by atoms with E-state index >= 15 is 0 Å². The van der Waals surface area contributed by atoms with E-state index in [-0.39, 0.29) is 0 Å². The van der Waals surface area contributed by atoms with Crippen LogP contribution in [0, 0.1) is 20.8 Å². The third-order valence-corrected chi connectivity index (χ3v) is 8.10. The highest BCUT2D eigenvalue weighted by molar-refractivity contribution is 5.71. The lowest BCUT2D eigenvalue weighted by atomic mass is 9.78. The number of aryl methyl sites for hydroxylation is 3. The molecule has 0 aliphatic heterocycles. The van der Waals surface area contributed by atoms with Crippen molar-refractivity contribution < 1.29 is 35.8 Å². The summed E-state index contributed by atoms with van der Waals surface area (Å²) < 4.78 is 93.3. The van der Waals surface area contributed by atoms with Gasteiger partial charge >= 0.3 is 12.4 Å². The summed E-state index contributed by atoms with van der Waals surface area (Å²) >= 11 is 0. The molecule has 1 aromatic heterocycles. The minimum atomic E-state index is -4.60. The molecule has 1 heterocycles. The fourth-order valence-electron chi connectivity index (χ4n) is 5.86. The van der Waals surface area contributed by atoms with E-state index < -0.39 is 29.0 Å². The van der Waals surface area contributed by atoms with Crippen molar-refractivity contribution in [1.82, 2.24) is 4.98 Å². The van der Waals surface area contributed by atoms with Crippen molar-refractivity contribution in [2.75, 3.05) is 19.5 Å². The predicted octanol–water partition coefficient (Wildman–Crippen LogP) is 10.1. The first-order chi connectivity index (χ1) is 22.2. The number of ether oxygens (including phenoxy) is 2. The van der Waals surface area contributed by atoms with Crippen molar-refractivity contribution in [3.05, 3.63) is 142 Å². The second-order valence-electron chi connectivity index (χ2n) is 11.3. The van der Waals surface area contributed by atoms with Crippen LogP contribution in [0.1, 0.15) is 44.6 Å². The van der Waals surface area contributed by atoms with Crippen LogP contribution in [0.3, 0.4) is 0 Å². The minimum Gasteiger partial charge on any atom is -0.497 e. The largest absolute Gasteiger partial charge is 0.497 e. The lowest BCUT2D eigenvalue weighted by molar-refractivity contribution is -0.138. The number of pyridine rings is 1. The Hall–Kier alpha value is -4.99. The predicted molar refractivity (Wildman–Crippen MR) is 170 cm³/mol. The van der Waals surface area contributed by atoms with Gasteiger partial charge in [-0.15, -0.1) is 0 Å². The summed E-state index contributed by atoms with van der Waals surface area (Å²) in [5.74, 6) is 1.01. The molecule has 0 atom stereocenters. The molecule has 0 fully saturated rings. The maximum Gasteiger partial charge on any atom is 0.416 e. The van der Waals surface area contributed by atoms with E-state index in [0.29, 0.717) is 45.3 Å². The van der Waals surface area contributed by atoms with Gasteiger partial charge in [0, 0.05) is 17.3 Å². The summed E-state index contributed by atoms with van der Waals surface area (Å²) in [6, 6.07) is 23.4. The fourth-order valence-corrected chi connectivity index (χ4v) is 5.86. The maximum atomic E-state index is 13.7. The number of aromatic nitrogens is 1. The first-order valence-electron chi connectivity index (χ1n) is 14.6. The number of nitrogens with zero attached hydrogens (tertiary/aromatic N) is 1. The molecule has 0 aliphatic rings. The zero-order valence-electron chi connectivity index (χ0n) is 26.3. The molecule has 0 unspecified atom stereocenters. The topological polar surface area (TPSA) is 43.4 Å². The van der Waals surface area contributed by atoms with Crippen molar-refractivity contribution in [3.8, 4) is 22.8 Å². The van der Waals surface area contributed by atoms with E-state index in [0.717, 1.165) is 41.0 Å². The van der Waals surface area contributed by atoms with Crippen LogP contribution in [0.5, 0.6) is 11.5 Å². The lowest BCUT2D eigenvalue weighted by Gasteiger charge is -2.38. The average molecular weight is 651 g/mol. The number of benzene rings is 4. The fraction of sp³-hybridized carbons (Fsp3) is 0.216. The second-order valence-corrected chi connectivity index (χ2v) is 11.3. The number of nitrogens with one attached hydrogen (secondary N) is 1. The van der Waals surface area contributed by atoms with Gasteiger partial charge in [-0.25, -0.2) is 4.98 Å². The molecular formula is C37H32F6N2O2. The van der Waals surface area contributed by atoms with Gasteiger partial charge in [0.2, 0.25) is 0 Å². The molecule has 0 aliphatic carbocycles. The average Bonchev–Trinajstić information content (AvgIpc) is 3.04. The summed E-state index contributed by atoms with van der Waals surface area (Å²) in [7, 11) is 3.03. The molecule has 1 N–H and O–H groups in total. The van der Waals surface area contributed by atoms with Gasteiger partial charge in [-0.05, 0) is 91.6 Å². The Bertz CT molecular complexity index is 1800. The summed E-state index contributed by atoms with van der Waals surface area (Å²) in [6.45, 7) is 5.72. The Morgan fingerprint density at radius 1 is 0.596 bits per heavy atom. The number of rotatable bonds is 8. The zero-order chi connectivity index (χ0) is 34.1. The van der Waals surface area contributed by atoms with Gasteiger partial charge in [0.15, 0.2) is 0 Å². The molecule has 244 valence electrons. The van der Waals surface area contributed by atoms with Crippen LogP contribution in [-0.2, 0) is 17.9 Å². The van der Waals surface area contributed by atoms with Crippen molar-refractivity contribution in [2.24, 2.45) is 0 Å². The quantitative estimate of drug-likeness (QED) is 0.170. The Balaban J connectivity index is 1.85. The number of hydrogen-bond donors (Lipinski definition) is 1. The first kappa shape index (κ1) is 33.4. The van der Waals surface area contributed by atoms with Crippen molar-refractivity contribution in [2.45, 2.75) is 38.7 Å². The first-order valence-corrected chi connectivity index (χ1v) is 14.6. The molecular weight excluding hydrogens is 618 g/mol. The Kier molecular flexibility index (Phi) is 8.99. The van der Waals surface area contributed by atoms with Crippen LogP contribution < -0.4 is 14.8 Å². The number of anilines is 1. The molecule has 4 aromatic carbocycles. The van der Waals surface area contributed by atoms with Gasteiger partial charge in [-0.1, -0.05) is 48.0 Å². The van der Waals surface area contributed by atoms with E-state index in [1.807, 2.05) is 32.9 Å². The van der Waals surface area contributed by atoms with Crippen LogP contribution in [0.4, 0.5) is 32.0 Å². The van der Waals surface area contributed by atoms with Gasteiger partial charge in [-0.3, -0.25) is 0 Å². The smallest absolute Gasteiger partial charge is 0.416 e. The molecule has 0 saturated carbocycles. The summed E-state index contributed by atoms with van der Waals surface area (Å²) in [5.41, 5.74) is 2.07. The molecule has 4 nitrogen and oxygen atoms in total. The zero-order valence-corrected chi connectivity index (χ0v) is 26.3. The number of halogens is 6. The van der Waals surface area contributed by atoms with Gasteiger partial charge in [0.1, 0.15) is 17.0 Å². The molecule has 0 radical (unpaired) electrons. The van der Waals surface area contributed by atoms with E-state index in [4.69, 9.17) is 14.5 Å². The highest BCUT2D eigenvalue weighted by Crippen LogP contribution is 2.44. The third kappa shape index (κ3) is 6.63.